The standard InChI is InChI=1S/C19H13ClN2O/c20-16-5-1-4-15(13-3-2-8-21-11-13)19(16)12-6-7-17-14(9-12)10-18(23)22-17/h1-9,11H,10H2,(H,22,23). The topological polar surface area (TPSA) is 42.0 Å². The molecule has 0 radical (unpaired) electrons. The van der Waals surface area contributed by atoms with E-state index >= 15 is 0 Å². The minimum absolute atomic E-state index is 0.0313. The molecule has 112 valence electrons. The Morgan fingerprint density at radius 1 is 1.04 bits per heavy atom. The lowest BCUT2D eigenvalue weighted by Crippen LogP contribution is -2.03. The van der Waals surface area contributed by atoms with Crippen molar-refractivity contribution in [2.45, 2.75) is 6.42 Å². The third-order valence-corrected chi connectivity index (χ3v) is 4.32. The van der Waals surface area contributed by atoms with Crippen molar-refractivity contribution in [3.63, 3.8) is 0 Å². The molecule has 2 aromatic carbocycles. The molecule has 1 aliphatic heterocycles. The zero-order valence-corrected chi connectivity index (χ0v) is 13.0. The molecular formula is C19H13ClN2O. The smallest absolute Gasteiger partial charge is 0.228 e. The van der Waals surface area contributed by atoms with Crippen molar-refractivity contribution in [3.8, 4) is 22.3 Å². The van der Waals surface area contributed by atoms with E-state index < -0.39 is 0 Å². The van der Waals surface area contributed by atoms with E-state index in [0.29, 0.717) is 11.4 Å². The van der Waals surface area contributed by atoms with Crippen molar-refractivity contribution in [1.82, 2.24) is 4.98 Å². The van der Waals surface area contributed by atoms with Crippen LogP contribution in [0.5, 0.6) is 0 Å². The molecule has 3 aromatic rings. The number of carbonyl (C=O) groups is 1. The number of pyridine rings is 1. The van der Waals surface area contributed by atoms with Gasteiger partial charge in [-0.25, -0.2) is 0 Å². The molecule has 0 saturated heterocycles. The normalized spacial score (nSPS) is 12.8. The number of hydrogen-bond acceptors (Lipinski definition) is 2. The summed E-state index contributed by atoms with van der Waals surface area (Å²) >= 11 is 6.49. The Hall–Kier alpha value is -2.65. The molecule has 0 fully saturated rings. The number of anilines is 1. The molecule has 0 bridgehead atoms. The van der Waals surface area contributed by atoms with Crippen molar-refractivity contribution in [1.29, 1.82) is 0 Å². The van der Waals surface area contributed by atoms with E-state index in [4.69, 9.17) is 11.6 Å². The summed E-state index contributed by atoms with van der Waals surface area (Å²) in [4.78, 5) is 15.8. The van der Waals surface area contributed by atoms with E-state index in [-0.39, 0.29) is 5.91 Å². The maximum absolute atomic E-state index is 11.6. The van der Waals surface area contributed by atoms with Gasteiger partial charge in [0.2, 0.25) is 5.91 Å². The van der Waals surface area contributed by atoms with Gasteiger partial charge in [-0.05, 0) is 41.0 Å². The van der Waals surface area contributed by atoms with E-state index in [2.05, 4.69) is 10.3 Å². The highest BCUT2D eigenvalue weighted by molar-refractivity contribution is 6.34. The highest BCUT2D eigenvalue weighted by atomic mass is 35.5. The summed E-state index contributed by atoms with van der Waals surface area (Å²) < 4.78 is 0. The Labute approximate surface area is 139 Å². The SMILES string of the molecule is O=C1Cc2cc(-c3c(Cl)cccc3-c3cccnc3)ccc2N1. The first-order valence-electron chi connectivity index (χ1n) is 7.34. The van der Waals surface area contributed by atoms with Crippen molar-refractivity contribution in [2.75, 3.05) is 5.32 Å². The molecule has 4 rings (SSSR count). The van der Waals surface area contributed by atoms with Crippen LogP contribution in [0.2, 0.25) is 5.02 Å². The molecule has 1 aliphatic rings. The van der Waals surface area contributed by atoms with Crippen molar-refractivity contribution in [2.24, 2.45) is 0 Å². The molecule has 0 unspecified atom stereocenters. The lowest BCUT2D eigenvalue weighted by atomic mass is 9.94. The van der Waals surface area contributed by atoms with Gasteiger partial charge < -0.3 is 5.32 Å². The molecule has 2 heterocycles. The van der Waals surface area contributed by atoms with Gasteiger partial charge in [-0.1, -0.05) is 35.9 Å². The number of aromatic nitrogens is 1. The second-order valence-electron chi connectivity index (χ2n) is 5.50. The molecule has 0 spiro atoms. The molecule has 4 heteroatoms. The van der Waals surface area contributed by atoms with Gasteiger partial charge in [-0.3, -0.25) is 9.78 Å². The molecule has 0 aliphatic carbocycles. The van der Waals surface area contributed by atoms with Crippen LogP contribution in [0, 0.1) is 0 Å². The van der Waals surface area contributed by atoms with Crippen molar-refractivity contribution < 1.29 is 4.79 Å². The van der Waals surface area contributed by atoms with Crippen LogP contribution in [0.15, 0.2) is 60.9 Å². The van der Waals surface area contributed by atoms with E-state index in [1.807, 2.05) is 54.7 Å². The lowest BCUT2D eigenvalue weighted by molar-refractivity contribution is -0.115. The largest absolute Gasteiger partial charge is 0.326 e. The first kappa shape index (κ1) is 14.0. The number of rotatable bonds is 2. The minimum Gasteiger partial charge on any atom is -0.326 e. The van der Waals surface area contributed by atoms with Crippen LogP contribution < -0.4 is 5.32 Å². The molecule has 0 saturated carbocycles. The van der Waals surface area contributed by atoms with E-state index in [1.165, 1.54) is 0 Å². The van der Waals surface area contributed by atoms with Crippen LogP contribution in [-0.2, 0) is 11.2 Å². The number of halogens is 1. The van der Waals surface area contributed by atoms with Crippen molar-refractivity contribution in [3.05, 3.63) is 71.5 Å². The third-order valence-electron chi connectivity index (χ3n) is 4.01. The molecule has 3 nitrogen and oxygen atoms in total. The van der Waals surface area contributed by atoms with Gasteiger partial charge in [-0.15, -0.1) is 0 Å². The van der Waals surface area contributed by atoms with Crippen molar-refractivity contribution >= 4 is 23.2 Å². The average molecular weight is 321 g/mol. The second-order valence-corrected chi connectivity index (χ2v) is 5.91. The second kappa shape index (κ2) is 5.52. The number of benzene rings is 2. The maximum Gasteiger partial charge on any atom is 0.228 e. The predicted molar refractivity (Wildman–Crippen MR) is 92.5 cm³/mol. The van der Waals surface area contributed by atoms with Gasteiger partial charge in [0.05, 0.1) is 6.42 Å². The summed E-state index contributed by atoms with van der Waals surface area (Å²) in [7, 11) is 0. The monoisotopic (exact) mass is 320 g/mol. The average Bonchev–Trinajstić information content (AvgIpc) is 2.94. The molecule has 0 atom stereocenters. The van der Waals surface area contributed by atoms with E-state index in [0.717, 1.165) is 33.5 Å². The van der Waals surface area contributed by atoms with Crippen LogP contribution in [0.25, 0.3) is 22.3 Å². The molecule has 1 amide bonds. The van der Waals surface area contributed by atoms with Gasteiger partial charge in [0.25, 0.3) is 0 Å². The summed E-state index contributed by atoms with van der Waals surface area (Å²) in [5.74, 6) is 0.0313. The highest BCUT2D eigenvalue weighted by Crippen LogP contribution is 2.39. The van der Waals surface area contributed by atoms with Crippen LogP contribution in [-0.4, -0.2) is 10.9 Å². The third kappa shape index (κ3) is 2.49. The van der Waals surface area contributed by atoms with Crippen LogP contribution in [0.1, 0.15) is 5.56 Å². The highest BCUT2D eigenvalue weighted by Gasteiger charge is 2.19. The van der Waals surface area contributed by atoms with Gasteiger partial charge in [0, 0.05) is 34.2 Å². The Morgan fingerprint density at radius 2 is 1.96 bits per heavy atom. The van der Waals surface area contributed by atoms with E-state index in [9.17, 15) is 4.79 Å². The zero-order chi connectivity index (χ0) is 15.8. The number of fused-ring (bicyclic) bond motifs is 1. The predicted octanol–water partition coefficient (Wildman–Crippen LogP) is 4.56. The first-order valence-corrected chi connectivity index (χ1v) is 7.72. The minimum atomic E-state index is 0.0313. The van der Waals surface area contributed by atoms with Gasteiger partial charge >= 0.3 is 0 Å². The van der Waals surface area contributed by atoms with Gasteiger partial charge in [0.15, 0.2) is 0 Å². The summed E-state index contributed by atoms with van der Waals surface area (Å²) in [6, 6.07) is 15.7. The molecular weight excluding hydrogens is 308 g/mol. The summed E-state index contributed by atoms with van der Waals surface area (Å²) in [5.41, 5.74) is 5.90. The van der Waals surface area contributed by atoms with Crippen LogP contribution in [0.3, 0.4) is 0 Å². The van der Waals surface area contributed by atoms with Crippen LogP contribution >= 0.6 is 11.6 Å². The molecule has 23 heavy (non-hydrogen) atoms. The quantitative estimate of drug-likeness (QED) is 0.752. The number of hydrogen-bond donors (Lipinski definition) is 1. The number of carbonyl (C=O) groups excluding carboxylic acids is 1. The Bertz CT molecular complexity index is 906. The lowest BCUT2D eigenvalue weighted by Gasteiger charge is -2.13. The summed E-state index contributed by atoms with van der Waals surface area (Å²) in [6.45, 7) is 0. The Kier molecular flexibility index (Phi) is 3.36. The number of nitrogens with one attached hydrogen (secondary N) is 1. The van der Waals surface area contributed by atoms with E-state index in [1.54, 1.807) is 6.20 Å². The fourth-order valence-electron chi connectivity index (χ4n) is 2.96. The molecule has 1 aromatic heterocycles. The maximum atomic E-state index is 11.6. The van der Waals surface area contributed by atoms with Gasteiger partial charge in [0.1, 0.15) is 0 Å². The van der Waals surface area contributed by atoms with Gasteiger partial charge in [-0.2, -0.15) is 0 Å². The fourth-order valence-corrected chi connectivity index (χ4v) is 3.25. The Morgan fingerprint density at radius 3 is 2.78 bits per heavy atom. The fraction of sp³-hybridized carbons (Fsp3) is 0.0526. The summed E-state index contributed by atoms with van der Waals surface area (Å²) in [5, 5.41) is 3.54. The van der Waals surface area contributed by atoms with Crippen LogP contribution in [0.4, 0.5) is 5.69 Å². The molecule has 1 N–H and O–H groups in total. The Balaban J connectivity index is 1.90. The zero-order valence-electron chi connectivity index (χ0n) is 12.2. The summed E-state index contributed by atoms with van der Waals surface area (Å²) in [6.07, 6.45) is 3.99. The number of nitrogens with zero attached hydrogens (tertiary/aromatic N) is 1. The first-order chi connectivity index (χ1) is 11.2. The number of amides is 1.